The molecule has 0 radical (unpaired) electrons. The van der Waals surface area contributed by atoms with Gasteiger partial charge in [0.05, 0.1) is 11.0 Å². The molecule has 1 saturated carbocycles. The van der Waals surface area contributed by atoms with Crippen molar-refractivity contribution in [3.8, 4) is 0 Å². The van der Waals surface area contributed by atoms with Gasteiger partial charge in [-0.2, -0.15) is 0 Å². The molecule has 126 valence electrons. The van der Waals surface area contributed by atoms with Gasteiger partial charge < -0.3 is 9.88 Å². The molecule has 1 amide bonds. The van der Waals surface area contributed by atoms with Crippen molar-refractivity contribution in [2.24, 2.45) is 5.92 Å². The predicted octanol–water partition coefficient (Wildman–Crippen LogP) is 2.24. The van der Waals surface area contributed by atoms with E-state index in [4.69, 9.17) is 0 Å². The highest BCUT2D eigenvalue weighted by molar-refractivity contribution is 5.82. The number of amides is 1. The van der Waals surface area contributed by atoms with Crippen LogP contribution in [0, 0.1) is 23.0 Å². The van der Waals surface area contributed by atoms with Gasteiger partial charge in [-0.1, -0.05) is 6.07 Å². The topological polar surface area (TPSA) is 92.1 Å². The van der Waals surface area contributed by atoms with E-state index in [2.05, 4.69) is 16.0 Å². The molecule has 4 rings (SSSR count). The Balaban J connectivity index is 1.50. The van der Waals surface area contributed by atoms with Gasteiger partial charge in [-0.05, 0) is 37.5 Å². The van der Waals surface area contributed by atoms with Crippen molar-refractivity contribution in [3.63, 3.8) is 0 Å². The van der Waals surface area contributed by atoms with Gasteiger partial charge in [-0.15, -0.1) is 0 Å². The first-order valence-electron chi connectivity index (χ1n) is 8.41. The maximum atomic E-state index is 12.5. The van der Waals surface area contributed by atoms with Crippen LogP contribution in [-0.4, -0.2) is 44.8 Å². The van der Waals surface area contributed by atoms with Crippen molar-refractivity contribution < 1.29 is 9.72 Å². The summed E-state index contributed by atoms with van der Waals surface area (Å²) in [7, 11) is 0. The zero-order valence-electron chi connectivity index (χ0n) is 13.6. The van der Waals surface area contributed by atoms with E-state index in [0.717, 1.165) is 29.7 Å². The van der Waals surface area contributed by atoms with E-state index in [1.807, 2.05) is 19.1 Å². The van der Waals surface area contributed by atoms with Crippen LogP contribution in [-0.2, 0) is 4.79 Å². The van der Waals surface area contributed by atoms with Gasteiger partial charge in [0.2, 0.25) is 11.9 Å². The van der Waals surface area contributed by atoms with Crippen LogP contribution in [0.15, 0.2) is 18.2 Å². The lowest BCUT2D eigenvalue weighted by molar-refractivity contribution is -0.497. The molecule has 1 N–H and O–H groups in total. The van der Waals surface area contributed by atoms with Gasteiger partial charge in [-0.25, -0.2) is 4.98 Å². The SMILES string of the molecule is Cc1ccc2nc([C@@H]3CCCN(C(=O)[C@@H]4C[C@H]4[N+](=O)[O-])C3)[nH]c2c1. The van der Waals surface area contributed by atoms with E-state index in [-0.39, 0.29) is 16.7 Å². The molecule has 0 bridgehead atoms. The van der Waals surface area contributed by atoms with E-state index >= 15 is 0 Å². The largest absolute Gasteiger partial charge is 0.342 e. The van der Waals surface area contributed by atoms with Crippen molar-refractivity contribution in [3.05, 3.63) is 39.7 Å². The summed E-state index contributed by atoms with van der Waals surface area (Å²) in [6.45, 7) is 3.33. The number of benzene rings is 1. The number of fused-ring (bicyclic) bond motifs is 1. The highest BCUT2D eigenvalue weighted by atomic mass is 16.6. The molecule has 7 nitrogen and oxygen atoms in total. The smallest absolute Gasteiger partial charge is 0.232 e. The molecule has 2 aromatic rings. The Morgan fingerprint density at radius 3 is 3.04 bits per heavy atom. The van der Waals surface area contributed by atoms with Crippen LogP contribution >= 0.6 is 0 Å². The molecular weight excluding hydrogens is 308 g/mol. The first kappa shape index (κ1) is 15.1. The fourth-order valence-corrected chi connectivity index (χ4v) is 3.65. The molecule has 2 heterocycles. The van der Waals surface area contributed by atoms with E-state index in [9.17, 15) is 14.9 Å². The molecule has 1 aliphatic heterocycles. The average molecular weight is 328 g/mol. The van der Waals surface area contributed by atoms with E-state index < -0.39 is 12.0 Å². The summed E-state index contributed by atoms with van der Waals surface area (Å²) in [6.07, 6.45) is 2.27. The number of imidazole rings is 1. The summed E-state index contributed by atoms with van der Waals surface area (Å²) >= 11 is 0. The lowest BCUT2D eigenvalue weighted by Gasteiger charge is -2.31. The number of hydrogen-bond donors (Lipinski definition) is 1. The van der Waals surface area contributed by atoms with Crippen molar-refractivity contribution >= 4 is 16.9 Å². The van der Waals surface area contributed by atoms with Crippen LogP contribution in [0.2, 0.25) is 0 Å². The maximum Gasteiger partial charge on any atom is 0.232 e. The third-order valence-corrected chi connectivity index (χ3v) is 5.12. The monoisotopic (exact) mass is 328 g/mol. The highest BCUT2D eigenvalue weighted by Crippen LogP contribution is 2.36. The van der Waals surface area contributed by atoms with Crippen molar-refractivity contribution in [1.29, 1.82) is 0 Å². The molecular formula is C17H20N4O3. The Kier molecular flexibility index (Phi) is 3.51. The molecule has 0 unspecified atom stereocenters. The molecule has 1 aliphatic carbocycles. The zero-order valence-corrected chi connectivity index (χ0v) is 13.6. The number of rotatable bonds is 3. The van der Waals surface area contributed by atoms with Crippen molar-refractivity contribution in [2.75, 3.05) is 13.1 Å². The number of carbonyl (C=O) groups is 1. The first-order valence-corrected chi connectivity index (χ1v) is 8.41. The third kappa shape index (κ3) is 2.64. The minimum Gasteiger partial charge on any atom is -0.342 e. The van der Waals surface area contributed by atoms with Crippen molar-refractivity contribution in [1.82, 2.24) is 14.9 Å². The number of likely N-dealkylation sites (tertiary alicyclic amines) is 1. The second kappa shape index (κ2) is 5.58. The Morgan fingerprint density at radius 2 is 2.29 bits per heavy atom. The number of nitrogens with one attached hydrogen (secondary N) is 1. The van der Waals surface area contributed by atoms with Crippen LogP contribution in [0.3, 0.4) is 0 Å². The Morgan fingerprint density at radius 1 is 1.46 bits per heavy atom. The van der Waals surface area contributed by atoms with Gasteiger partial charge in [0.25, 0.3) is 0 Å². The molecule has 7 heteroatoms. The van der Waals surface area contributed by atoms with Crippen LogP contribution < -0.4 is 0 Å². The first-order chi connectivity index (χ1) is 11.5. The lowest BCUT2D eigenvalue weighted by atomic mass is 9.97. The number of aromatic amines is 1. The summed E-state index contributed by atoms with van der Waals surface area (Å²) in [5.41, 5.74) is 3.14. The zero-order chi connectivity index (χ0) is 16.8. The second-order valence-corrected chi connectivity index (χ2v) is 6.96. The van der Waals surface area contributed by atoms with Gasteiger partial charge in [0.15, 0.2) is 0 Å². The fraction of sp³-hybridized carbons (Fsp3) is 0.529. The highest BCUT2D eigenvalue weighted by Gasteiger charge is 2.54. The van der Waals surface area contributed by atoms with Gasteiger partial charge in [0, 0.05) is 30.4 Å². The van der Waals surface area contributed by atoms with Gasteiger partial charge in [-0.3, -0.25) is 14.9 Å². The predicted molar refractivity (Wildman–Crippen MR) is 88.3 cm³/mol. The number of nitro groups is 1. The summed E-state index contributed by atoms with van der Waals surface area (Å²) in [5, 5.41) is 10.8. The number of H-pyrrole nitrogens is 1. The number of aryl methyl sites for hydroxylation is 1. The van der Waals surface area contributed by atoms with Gasteiger partial charge >= 0.3 is 0 Å². The third-order valence-electron chi connectivity index (χ3n) is 5.12. The molecule has 24 heavy (non-hydrogen) atoms. The molecule has 1 aromatic heterocycles. The van der Waals surface area contributed by atoms with E-state index in [1.165, 1.54) is 5.56 Å². The van der Waals surface area contributed by atoms with E-state index in [0.29, 0.717) is 19.5 Å². The number of carbonyl (C=O) groups excluding carboxylic acids is 1. The van der Waals surface area contributed by atoms with Gasteiger partial charge in [0.1, 0.15) is 11.7 Å². The standard InChI is InChI=1S/C17H20N4O3/c1-10-4-5-13-14(7-10)19-16(18-13)11-3-2-6-20(9-11)17(22)12-8-15(12)21(23)24/h4-5,7,11-12,15H,2-3,6,8-9H2,1H3,(H,18,19)/t11-,12-,15-/m1/s1. The molecule has 2 fully saturated rings. The average Bonchev–Trinajstić information content (AvgIpc) is 3.27. The van der Waals surface area contributed by atoms with Crippen molar-refractivity contribution in [2.45, 2.75) is 38.1 Å². The number of nitrogens with zero attached hydrogens (tertiary/aromatic N) is 3. The fourth-order valence-electron chi connectivity index (χ4n) is 3.65. The Bertz CT molecular complexity index is 815. The number of aromatic nitrogens is 2. The molecule has 1 aromatic carbocycles. The van der Waals surface area contributed by atoms with Crippen LogP contribution in [0.4, 0.5) is 0 Å². The summed E-state index contributed by atoms with van der Waals surface area (Å²) < 4.78 is 0. The van der Waals surface area contributed by atoms with Crippen LogP contribution in [0.25, 0.3) is 11.0 Å². The second-order valence-electron chi connectivity index (χ2n) is 6.96. The molecule has 0 spiro atoms. The van der Waals surface area contributed by atoms with Crippen LogP contribution in [0.5, 0.6) is 0 Å². The molecule has 1 saturated heterocycles. The normalized spacial score (nSPS) is 26.5. The number of hydrogen-bond acceptors (Lipinski definition) is 4. The van der Waals surface area contributed by atoms with E-state index in [1.54, 1.807) is 4.90 Å². The minimum atomic E-state index is -0.674. The minimum absolute atomic E-state index is 0.0617. The maximum absolute atomic E-state index is 12.5. The molecule has 3 atom stereocenters. The van der Waals surface area contributed by atoms with Crippen LogP contribution in [0.1, 0.15) is 36.6 Å². The lowest BCUT2D eigenvalue weighted by Crippen LogP contribution is -2.41. The quantitative estimate of drug-likeness (QED) is 0.691. The summed E-state index contributed by atoms with van der Waals surface area (Å²) in [5.74, 6) is 0.600. The Hall–Kier alpha value is -2.44. The Labute approximate surface area is 139 Å². The molecule has 2 aliphatic rings. The summed E-state index contributed by atoms with van der Waals surface area (Å²) in [6, 6.07) is 5.44. The number of piperidine rings is 1. The summed E-state index contributed by atoms with van der Waals surface area (Å²) in [4.78, 5) is 32.8.